The molecule has 1 heterocycles. The highest BCUT2D eigenvalue weighted by atomic mass is 16.5. The van der Waals surface area contributed by atoms with E-state index in [4.69, 9.17) is 9.47 Å². The lowest BCUT2D eigenvalue weighted by Crippen LogP contribution is -2.25. The summed E-state index contributed by atoms with van der Waals surface area (Å²) in [4.78, 5) is 27.7. The van der Waals surface area contributed by atoms with Crippen LogP contribution in [0.5, 0.6) is 23.0 Å². The van der Waals surface area contributed by atoms with Gasteiger partial charge in [-0.25, -0.2) is 10.9 Å². The lowest BCUT2D eigenvalue weighted by molar-refractivity contribution is -0.119. The second-order valence-electron chi connectivity index (χ2n) is 8.18. The Kier molecular flexibility index (Phi) is 8.27. The van der Waals surface area contributed by atoms with Crippen LogP contribution in [0, 0.1) is 0 Å². The first-order chi connectivity index (χ1) is 18.9. The van der Waals surface area contributed by atoms with Crippen molar-refractivity contribution in [3.05, 3.63) is 77.5 Å². The molecule has 0 saturated heterocycles. The highest BCUT2D eigenvalue weighted by Gasteiger charge is 2.10. The Bertz CT molecular complexity index is 1560. The number of aromatic hydroxyl groups is 2. The van der Waals surface area contributed by atoms with Crippen LogP contribution in [0.3, 0.4) is 0 Å². The van der Waals surface area contributed by atoms with Crippen LogP contribution >= 0.6 is 0 Å². The van der Waals surface area contributed by atoms with Crippen molar-refractivity contribution < 1.29 is 29.3 Å². The van der Waals surface area contributed by atoms with E-state index in [1.54, 1.807) is 48.5 Å². The molecular weight excluding hydrogens is 504 g/mol. The van der Waals surface area contributed by atoms with Crippen molar-refractivity contribution in [2.45, 2.75) is 0 Å². The maximum Gasteiger partial charge on any atom is 0.287 e. The molecule has 12 nitrogen and oxygen atoms in total. The Labute approximate surface area is 223 Å². The van der Waals surface area contributed by atoms with E-state index >= 15 is 0 Å². The Hall–Kier alpha value is -5.52. The predicted molar refractivity (Wildman–Crippen MR) is 147 cm³/mol. The van der Waals surface area contributed by atoms with Gasteiger partial charge in [-0.1, -0.05) is 0 Å². The topological polar surface area (TPSA) is 170 Å². The maximum absolute atomic E-state index is 12.5. The molecule has 0 aliphatic rings. The van der Waals surface area contributed by atoms with Gasteiger partial charge < -0.3 is 30.0 Å². The summed E-state index contributed by atoms with van der Waals surface area (Å²) in [5, 5.41) is 31.3. The van der Waals surface area contributed by atoms with Crippen LogP contribution in [0.4, 0.5) is 5.69 Å². The summed E-state index contributed by atoms with van der Waals surface area (Å²) in [5.41, 5.74) is 7.23. The molecule has 200 valence electrons. The molecule has 0 saturated carbocycles. The largest absolute Gasteiger partial charge is 0.507 e. The average Bonchev–Trinajstić information content (AvgIpc) is 3.37. The van der Waals surface area contributed by atoms with Gasteiger partial charge in [0.25, 0.3) is 11.8 Å². The highest BCUT2D eigenvalue weighted by molar-refractivity contribution is 5.99. The van der Waals surface area contributed by atoms with Crippen LogP contribution in [0.15, 0.2) is 70.9 Å². The van der Waals surface area contributed by atoms with Crippen LogP contribution in [-0.4, -0.2) is 60.2 Å². The summed E-state index contributed by atoms with van der Waals surface area (Å²) in [5.74, 6) is 0.212. The number of rotatable bonds is 10. The van der Waals surface area contributed by atoms with Crippen LogP contribution in [0.25, 0.3) is 10.9 Å². The normalized spacial score (nSPS) is 11.1. The molecule has 0 radical (unpaired) electrons. The van der Waals surface area contributed by atoms with Crippen molar-refractivity contribution in [2.24, 2.45) is 10.2 Å². The molecule has 0 unspecified atom stereocenters. The molecule has 2 amide bonds. The standard InChI is InChI=1S/C27H26N6O6/c1-38-20-4-7-24(34)17(10-20)13-29-32-26(36)15-28-19-3-6-22-16(9-19)12-23(31-22)27(37)33-30-14-18-11-21(39-2)5-8-25(18)35/h3-14,28,31,34-35H,15H2,1-2H3,(H,32,36)(H,33,37)/b29-13+,30-14+. The predicted octanol–water partition coefficient (Wildman–Crippen LogP) is 2.92. The van der Waals surface area contributed by atoms with Crippen LogP contribution in [-0.2, 0) is 4.79 Å². The molecule has 0 aliphatic carbocycles. The van der Waals surface area contributed by atoms with Crippen molar-refractivity contribution >= 4 is 40.8 Å². The number of aromatic nitrogens is 1. The molecule has 0 bridgehead atoms. The van der Waals surface area contributed by atoms with Gasteiger partial charge in [0.1, 0.15) is 28.7 Å². The van der Waals surface area contributed by atoms with Gasteiger partial charge in [-0.3, -0.25) is 9.59 Å². The molecule has 4 rings (SSSR count). The van der Waals surface area contributed by atoms with E-state index in [9.17, 15) is 19.8 Å². The zero-order valence-electron chi connectivity index (χ0n) is 21.1. The summed E-state index contributed by atoms with van der Waals surface area (Å²) in [6, 6.07) is 16.3. The first-order valence-corrected chi connectivity index (χ1v) is 11.6. The number of nitrogens with zero attached hydrogens (tertiary/aromatic N) is 2. The molecule has 12 heteroatoms. The van der Waals surface area contributed by atoms with E-state index < -0.39 is 11.8 Å². The minimum atomic E-state index is -0.473. The second-order valence-corrected chi connectivity index (χ2v) is 8.18. The number of phenolic OH excluding ortho intramolecular Hbond substituents is 2. The number of benzene rings is 3. The molecule has 0 fully saturated rings. The fourth-order valence-electron chi connectivity index (χ4n) is 3.51. The van der Waals surface area contributed by atoms with Gasteiger partial charge in [-0.15, -0.1) is 0 Å². The molecule has 0 atom stereocenters. The van der Waals surface area contributed by atoms with E-state index in [0.717, 1.165) is 5.39 Å². The quantitative estimate of drug-likeness (QED) is 0.135. The lowest BCUT2D eigenvalue weighted by Gasteiger charge is -2.06. The van der Waals surface area contributed by atoms with Crippen LogP contribution < -0.4 is 25.6 Å². The van der Waals surface area contributed by atoms with Gasteiger partial charge in [0.2, 0.25) is 0 Å². The third kappa shape index (κ3) is 6.83. The van der Waals surface area contributed by atoms with Crippen molar-refractivity contribution in [1.29, 1.82) is 0 Å². The van der Waals surface area contributed by atoms with Gasteiger partial charge in [0, 0.05) is 27.7 Å². The van der Waals surface area contributed by atoms with E-state index in [2.05, 4.69) is 31.4 Å². The third-order valence-electron chi connectivity index (χ3n) is 5.55. The minimum Gasteiger partial charge on any atom is -0.507 e. The Morgan fingerprint density at radius 3 is 2.08 bits per heavy atom. The summed E-state index contributed by atoms with van der Waals surface area (Å²) in [6.07, 6.45) is 2.63. The molecule has 3 aromatic carbocycles. The number of anilines is 1. The van der Waals surface area contributed by atoms with Crippen molar-refractivity contribution in [3.63, 3.8) is 0 Å². The van der Waals surface area contributed by atoms with Crippen LogP contribution in [0.1, 0.15) is 21.6 Å². The smallest absolute Gasteiger partial charge is 0.287 e. The Balaban J connectivity index is 1.32. The van der Waals surface area contributed by atoms with Crippen LogP contribution in [0.2, 0.25) is 0 Å². The van der Waals surface area contributed by atoms with Gasteiger partial charge >= 0.3 is 0 Å². The first-order valence-electron chi connectivity index (χ1n) is 11.6. The number of fused-ring (bicyclic) bond motifs is 1. The van der Waals surface area contributed by atoms with E-state index in [1.807, 2.05) is 0 Å². The number of carbonyl (C=O) groups is 2. The fraction of sp³-hybridized carbons (Fsp3) is 0.111. The number of hydrazone groups is 2. The van der Waals surface area contributed by atoms with E-state index in [1.165, 1.54) is 38.8 Å². The number of amides is 2. The fourth-order valence-corrected chi connectivity index (χ4v) is 3.51. The number of ether oxygens (including phenoxy) is 2. The number of hydrogen-bond donors (Lipinski definition) is 6. The average molecular weight is 531 g/mol. The number of H-pyrrole nitrogens is 1. The summed E-state index contributed by atoms with van der Waals surface area (Å²) < 4.78 is 10.2. The monoisotopic (exact) mass is 530 g/mol. The molecule has 0 spiro atoms. The molecule has 39 heavy (non-hydrogen) atoms. The third-order valence-corrected chi connectivity index (χ3v) is 5.55. The zero-order valence-corrected chi connectivity index (χ0v) is 21.1. The summed E-state index contributed by atoms with van der Waals surface area (Å²) >= 11 is 0. The van der Waals surface area contributed by atoms with Gasteiger partial charge in [-0.2, -0.15) is 10.2 Å². The number of aromatic amines is 1. The van der Waals surface area contributed by atoms with Crippen molar-refractivity contribution in [3.8, 4) is 23.0 Å². The number of phenols is 2. The van der Waals surface area contributed by atoms with Gasteiger partial charge in [-0.05, 0) is 60.7 Å². The zero-order chi connectivity index (χ0) is 27.8. The Morgan fingerprint density at radius 2 is 1.46 bits per heavy atom. The molecule has 0 aliphatic heterocycles. The highest BCUT2D eigenvalue weighted by Crippen LogP contribution is 2.23. The summed E-state index contributed by atoms with van der Waals surface area (Å²) in [7, 11) is 3.02. The summed E-state index contributed by atoms with van der Waals surface area (Å²) in [6.45, 7) is -0.0590. The molecule has 6 N–H and O–H groups in total. The second kappa shape index (κ2) is 12.1. The van der Waals surface area contributed by atoms with E-state index in [0.29, 0.717) is 33.8 Å². The van der Waals surface area contributed by atoms with E-state index in [-0.39, 0.29) is 23.7 Å². The first kappa shape index (κ1) is 26.5. The number of hydrogen-bond acceptors (Lipinski definition) is 9. The minimum absolute atomic E-state index is 0.00254. The number of nitrogens with one attached hydrogen (secondary N) is 4. The SMILES string of the molecule is COc1ccc(O)c(/C=N/NC(=O)CNc2ccc3[nH]c(C(=O)N/N=C/c4cc(OC)ccc4O)cc3c2)c1. The molecular formula is C27H26N6O6. The molecule has 1 aromatic heterocycles. The number of carbonyl (C=O) groups excluding carboxylic acids is 2. The maximum atomic E-state index is 12.5. The van der Waals surface area contributed by atoms with Gasteiger partial charge in [0.15, 0.2) is 0 Å². The van der Waals surface area contributed by atoms with Crippen molar-refractivity contribution in [2.75, 3.05) is 26.1 Å². The number of methoxy groups -OCH3 is 2. The molecule has 4 aromatic rings. The van der Waals surface area contributed by atoms with Crippen molar-refractivity contribution in [1.82, 2.24) is 15.8 Å². The van der Waals surface area contributed by atoms with Gasteiger partial charge in [0.05, 0.1) is 33.2 Å². The Morgan fingerprint density at radius 1 is 0.846 bits per heavy atom. The lowest BCUT2D eigenvalue weighted by atomic mass is 10.2.